The summed E-state index contributed by atoms with van der Waals surface area (Å²) in [6.45, 7) is 12.6. The number of carbonyl (C=O) groups excluding carboxylic acids is 2. The van der Waals surface area contributed by atoms with Gasteiger partial charge in [0, 0.05) is 0 Å². The molecule has 0 fully saturated rings. The van der Waals surface area contributed by atoms with Gasteiger partial charge in [-0.1, -0.05) is 67.2 Å². The Morgan fingerprint density at radius 3 is 1.60 bits per heavy atom. The van der Waals surface area contributed by atoms with Gasteiger partial charge in [0.1, 0.15) is 0 Å². The van der Waals surface area contributed by atoms with Crippen molar-refractivity contribution in [3.05, 3.63) is 0 Å². The third-order valence-electron chi connectivity index (χ3n) is 4.97. The molecule has 0 aromatic rings. The van der Waals surface area contributed by atoms with E-state index in [2.05, 4.69) is 27.7 Å². The molecule has 0 aliphatic carbocycles. The third kappa shape index (κ3) is 14.8. The molecule has 7 nitrogen and oxygen atoms in total. The summed E-state index contributed by atoms with van der Waals surface area (Å²) in [7, 11) is -4.77. The Bertz CT molecular complexity index is 599. The van der Waals surface area contributed by atoms with Gasteiger partial charge >= 0.3 is 11.9 Å². The molecule has 3 unspecified atom stereocenters. The van der Waals surface area contributed by atoms with Gasteiger partial charge in [0.25, 0.3) is 10.1 Å². The van der Waals surface area contributed by atoms with Crippen LogP contribution in [0.3, 0.4) is 0 Å². The Morgan fingerprint density at radius 2 is 1.20 bits per heavy atom. The molecule has 0 aromatic heterocycles. The zero-order valence-electron chi connectivity index (χ0n) is 19.6. The lowest BCUT2D eigenvalue weighted by molar-refractivity contribution is -0.151. The van der Waals surface area contributed by atoms with Crippen molar-refractivity contribution in [2.75, 3.05) is 13.2 Å². The lowest BCUT2D eigenvalue weighted by Gasteiger charge is -2.17. The highest BCUT2D eigenvalue weighted by molar-refractivity contribution is 7.87. The summed E-state index contributed by atoms with van der Waals surface area (Å²) >= 11 is 0. The first-order valence-corrected chi connectivity index (χ1v) is 12.6. The molecular weight excluding hydrogens is 408 g/mol. The molecule has 1 N–H and O–H groups in total. The van der Waals surface area contributed by atoms with Crippen molar-refractivity contribution in [2.24, 2.45) is 23.7 Å². The standard InChI is InChI=1S/C22H42O7S/c1-16(2)9-7-11-18(5)14-28-21(23)13-20(30(25,26)27)22(24)29-15-19(6)12-8-10-17(3)4/h16-20H,7-15H2,1-6H3,(H,25,26,27). The van der Waals surface area contributed by atoms with Gasteiger partial charge < -0.3 is 9.47 Å². The van der Waals surface area contributed by atoms with Gasteiger partial charge in [0.15, 0.2) is 5.25 Å². The minimum atomic E-state index is -4.77. The summed E-state index contributed by atoms with van der Waals surface area (Å²) in [4.78, 5) is 24.2. The van der Waals surface area contributed by atoms with Crippen LogP contribution >= 0.6 is 0 Å². The highest BCUT2D eigenvalue weighted by Crippen LogP contribution is 2.16. The highest BCUT2D eigenvalue weighted by Gasteiger charge is 2.36. The number of ether oxygens (including phenoxy) is 2. The van der Waals surface area contributed by atoms with Crippen LogP contribution in [0.2, 0.25) is 0 Å². The van der Waals surface area contributed by atoms with E-state index in [1.165, 1.54) is 0 Å². The number of hydrogen-bond donors (Lipinski definition) is 1. The molecule has 8 heteroatoms. The molecule has 0 rings (SSSR count). The van der Waals surface area contributed by atoms with E-state index in [0.29, 0.717) is 11.8 Å². The molecule has 0 aromatic carbocycles. The average Bonchev–Trinajstić information content (AvgIpc) is 2.60. The highest BCUT2D eigenvalue weighted by atomic mass is 32.2. The van der Waals surface area contributed by atoms with Crippen LogP contribution in [0.4, 0.5) is 0 Å². The summed E-state index contributed by atoms with van der Waals surface area (Å²) < 4.78 is 42.7. The Balaban J connectivity index is 4.50. The Kier molecular flexibility index (Phi) is 14.2. The Morgan fingerprint density at radius 1 is 0.767 bits per heavy atom. The number of esters is 2. The third-order valence-corrected chi connectivity index (χ3v) is 6.05. The van der Waals surface area contributed by atoms with E-state index in [4.69, 9.17) is 9.47 Å². The molecule has 0 spiro atoms. The predicted octanol–water partition coefficient (Wildman–Crippen LogP) is 4.64. The molecule has 0 aliphatic heterocycles. The summed E-state index contributed by atoms with van der Waals surface area (Å²) in [6.07, 6.45) is 5.14. The summed E-state index contributed by atoms with van der Waals surface area (Å²) in [6, 6.07) is 0. The lowest BCUT2D eigenvalue weighted by atomic mass is 10.0. The molecule has 0 bridgehead atoms. The first-order chi connectivity index (χ1) is 13.8. The maximum Gasteiger partial charge on any atom is 0.327 e. The van der Waals surface area contributed by atoms with Crippen LogP contribution in [0.15, 0.2) is 0 Å². The number of hydrogen-bond acceptors (Lipinski definition) is 6. The number of rotatable bonds is 16. The van der Waals surface area contributed by atoms with Crippen molar-refractivity contribution >= 4 is 22.1 Å². The fourth-order valence-electron chi connectivity index (χ4n) is 2.99. The normalized spacial score (nSPS) is 15.1. The van der Waals surface area contributed by atoms with Gasteiger partial charge in [-0.25, -0.2) is 0 Å². The zero-order chi connectivity index (χ0) is 23.3. The van der Waals surface area contributed by atoms with E-state index in [0.717, 1.165) is 38.5 Å². The van der Waals surface area contributed by atoms with Crippen LogP contribution in [0, 0.1) is 23.7 Å². The molecule has 0 saturated heterocycles. The van der Waals surface area contributed by atoms with E-state index < -0.39 is 33.7 Å². The van der Waals surface area contributed by atoms with Gasteiger partial charge in [0.2, 0.25) is 0 Å². The maximum atomic E-state index is 12.2. The van der Waals surface area contributed by atoms with Crippen molar-refractivity contribution in [3.63, 3.8) is 0 Å². The van der Waals surface area contributed by atoms with E-state index in [1.807, 2.05) is 13.8 Å². The van der Waals surface area contributed by atoms with Gasteiger partial charge in [-0.2, -0.15) is 8.42 Å². The van der Waals surface area contributed by atoms with Gasteiger partial charge in [-0.3, -0.25) is 14.1 Å². The summed E-state index contributed by atoms with van der Waals surface area (Å²) in [5.41, 5.74) is 0. The van der Waals surface area contributed by atoms with Crippen molar-refractivity contribution < 1.29 is 32.0 Å². The SMILES string of the molecule is CC(C)CCCC(C)COC(=O)CC(C(=O)OCC(C)CCCC(C)C)S(=O)(=O)O. The van der Waals surface area contributed by atoms with Crippen molar-refractivity contribution in [1.82, 2.24) is 0 Å². The number of carbonyl (C=O) groups is 2. The lowest BCUT2D eigenvalue weighted by Crippen LogP contribution is -2.35. The van der Waals surface area contributed by atoms with Crippen molar-refractivity contribution in [2.45, 2.75) is 91.7 Å². The summed E-state index contributed by atoms with van der Waals surface area (Å²) in [5.74, 6) is -0.555. The van der Waals surface area contributed by atoms with Crippen LogP contribution in [0.1, 0.15) is 86.5 Å². The van der Waals surface area contributed by atoms with Crippen LogP contribution in [-0.4, -0.2) is 43.4 Å². The van der Waals surface area contributed by atoms with Crippen LogP contribution in [0.25, 0.3) is 0 Å². The van der Waals surface area contributed by atoms with Crippen molar-refractivity contribution in [3.8, 4) is 0 Å². The largest absolute Gasteiger partial charge is 0.465 e. The van der Waals surface area contributed by atoms with E-state index >= 15 is 0 Å². The second kappa shape index (κ2) is 14.8. The molecule has 0 amide bonds. The Labute approximate surface area is 183 Å². The van der Waals surface area contributed by atoms with Crippen LogP contribution in [-0.2, 0) is 29.2 Å². The fourth-order valence-corrected chi connectivity index (χ4v) is 3.65. The van der Waals surface area contributed by atoms with Gasteiger partial charge in [-0.05, 0) is 36.5 Å². The summed E-state index contributed by atoms with van der Waals surface area (Å²) in [5, 5.41) is -1.95. The van der Waals surface area contributed by atoms with E-state index in [-0.39, 0.29) is 25.0 Å². The molecule has 0 saturated carbocycles. The molecule has 0 heterocycles. The fraction of sp³-hybridized carbons (Fsp3) is 0.909. The second-order valence-corrected chi connectivity index (χ2v) is 11.0. The van der Waals surface area contributed by atoms with Gasteiger partial charge in [-0.15, -0.1) is 0 Å². The van der Waals surface area contributed by atoms with Crippen LogP contribution in [0.5, 0.6) is 0 Å². The predicted molar refractivity (Wildman–Crippen MR) is 118 cm³/mol. The smallest absolute Gasteiger partial charge is 0.327 e. The monoisotopic (exact) mass is 450 g/mol. The topological polar surface area (TPSA) is 107 Å². The molecule has 30 heavy (non-hydrogen) atoms. The minimum Gasteiger partial charge on any atom is -0.465 e. The van der Waals surface area contributed by atoms with E-state index in [1.54, 1.807) is 0 Å². The first kappa shape index (κ1) is 28.9. The first-order valence-electron chi connectivity index (χ1n) is 11.1. The molecule has 3 atom stereocenters. The van der Waals surface area contributed by atoms with Crippen molar-refractivity contribution in [1.29, 1.82) is 0 Å². The molecular formula is C22H42O7S. The maximum absolute atomic E-state index is 12.2. The molecule has 178 valence electrons. The molecule has 0 aliphatic rings. The van der Waals surface area contributed by atoms with E-state index in [9.17, 15) is 22.6 Å². The van der Waals surface area contributed by atoms with Gasteiger partial charge in [0.05, 0.1) is 19.6 Å². The Hall–Kier alpha value is -1.15. The van der Waals surface area contributed by atoms with Crippen LogP contribution < -0.4 is 0 Å². The second-order valence-electron chi connectivity index (χ2n) is 9.38. The quantitative estimate of drug-likeness (QED) is 0.269. The zero-order valence-corrected chi connectivity index (χ0v) is 20.4. The minimum absolute atomic E-state index is 0.0465. The average molecular weight is 451 g/mol. The molecule has 0 radical (unpaired) electrons.